The number of hydrogen-bond donors (Lipinski definition) is 1. The van der Waals surface area contributed by atoms with Gasteiger partial charge in [0.1, 0.15) is 6.33 Å². The van der Waals surface area contributed by atoms with Crippen molar-refractivity contribution in [2.75, 3.05) is 6.54 Å². The molecule has 0 saturated heterocycles. The summed E-state index contributed by atoms with van der Waals surface area (Å²) in [6.45, 7) is 1.50. The molecule has 0 spiro atoms. The third-order valence-corrected chi connectivity index (χ3v) is 2.57. The van der Waals surface area contributed by atoms with Crippen LogP contribution in [0.15, 0.2) is 30.6 Å². The fraction of sp³-hybridized carbons (Fsp3) is 0.273. The number of aryl methyl sites for hydroxylation is 1. The lowest BCUT2D eigenvalue weighted by molar-refractivity contribution is 0.654. The van der Waals surface area contributed by atoms with Crippen LogP contribution in [0.4, 0.5) is 0 Å². The van der Waals surface area contributed by atoms with E-state index in [0.29, 0.717) is 6.54 Å². The molecule has 4 nitrogen and oxygen atoms in total. The maximum Gasteiger partial charge on any atom is 0.163 e. The summed E-state index contributed by atoms with van der Waals surface area (Å²) in [4.78, 5) is 0. The van der Waals surface area contributed by atoms with Crippen molar-refractivity contribution in [1.82, 2.24) is 14.8 Å². The lowest BCUT2D eigenvalue weighted by atomic mass is 10.2. The van der Waals surface area contributed by atoms with Gasteiger partial charge in [-0.3, -0.25) is 0 Å². The molecule has 0 unspecified atom stereocenters. The summed E-state index contributed by atoms with van der Waals surface area (Å²) in [5.41, 5.74) is 6.50. The van der Waals surface area contributed by atoms with Gasteiger partial charge in [-0.15, -0.1) is 10.2 Å². The molecule has 0 bridgehead atoms. The molecule has 1 aromatic heterocycles. The second-order valence-corrected chi connectivity index (χ2v) is 3.93. The maximum absolute atomic E-state index is 5.84. The molecule has 84 valence electrons. The second kappa shape index (κ2) is 5.09. The molecule has 0 atom stereocenters. The van der Waals surface area contributed by atoms with Crippen molar-refractivity contribution in [1.29, 1.82) is 0 Å². The van der Waals surface area contributed by atoms with E-state index < -0.39 is 0 Å². The quantitative estimate of drug-likeness (QED) is 0.883. The summed E-state index contributed by atoms with van der Waals surface area (Å²) in [5, 5.41) is 8.73. The van der Waals surface area contributed by atoms with Crippen LogP contribution in [0, 0.1) is 0 Å². The molecule has 5 heteroatoms. The van der Waals surface area contributed by atoms with Gasteiger partial charge in [0.25, 0.3) is 0 Å². The SMILES string of the molecule is NCCCn1cnnc1-c1ccc(Cl)cc1. The maximum atomic E-state index is 5.84. The van der Waals surface area contributed by atoms with Crippen molar-refractivity contribution in [2.45, 2.75) is 13.0 Å². The first-order valence-corrected chi connectivity index (χ1v) is 5.53. The van der Waals surface area contributed by atoms with Crippen molar-refractivity contribution < 1.29 is 0 Å². The minimum Gasteiger partial charge on any atom is -0.330 e. The van der Waals surface area contributed by atoms with Crippen LogP contribution >= 0.6 is 11.6 Å². The number of halogens is 1. The third-order valence-electron chi connectivity index (χ3n) is 2.32. The van der Waals surface area contributed by atoms with Gasteiger partial charge in [0.2, 0.25) is 0 Å². The molecule has 0 aliphatic heterocycles. The van der Waals surface area contributed by atoms with Gasteiger partial charge in [-0.25, -0.2) is 0 Å². The van der Waals surface area contributed by atoms with E-state index >= 15 is 0 Å². The zero-order valence-corrected chi connectivity index (χ0v) is 9.56. The summed E-state index contributed by atoms with van der Waals surface area (Å²) < 4.78 is 2.00. The van der Waals surface area contributed by atoms with Gasteiger partial charge < -0.3 is 10.3 Å². The van der Waals surface area contributed by atoms with Crippen LogP contribution < -0.4 is 5.73 Å². The predicted molar refractivity (Wildman–Crippen MR) is 64.1 cm³/mol. The highest BCUT2D eigenvalue weighted by molar-refractivity contribution is 6.30. The first-order chi connectivity index (χ1) is 7.81. The largest absolute Gasteiger partial charge is 0.330 e. The molecule has 0 aliphatic rings. The number of hydrogen-bond acceptors (Lipinski definition) is 3. The van der Waals surface area contributed by atoms with E-state index in [-0.39, 0.29) is 0 Å². The van der Waals surface area contributed by atoms with E-state index in [1.54, 1.807) is 6.33 Å². The van der Waals surface area contributed by atoms with E-state index in [4.69, 9.17) is 17.3 Å². The van der Waals surface area contributed by atoms with Crippen molar-refractivity contribution in [3.05, 3.63) is 35.6 Å². The Morgan fingerprint density at radius 1 is 1.25 bits per heavy atom. The summed E-state index contributed by atoms with van der Waals surface area (Å²) in [5.74, 6) is 0.852. The van der Waals surface area contributed by atoms with Gasteiger partial charge >= 0.3 is 0 Å². The van der Waals surface area contributed by atoms with Crippen LogP contribution in [0.1, 0.15) is 6.42 Å². The minimum absolute atomic E-state index is 0.665. The monoisotopic (exact) mass is 236 g/mol. The smallest absolute Gasteiger partial charge is 0.163 e. The number of aromatic nitrogens is 3. The normalized spacial score (nSPS) is 10.6. The van der Waals surface area contributed by atoms with Gasteiger partial charge in [0, 0.05) is 17.1 Å². The van der Waals surface area contributed by atoms with Crippen LogP contribution in [0.3, 0.4) is 0 Å². The van der Waals surface area contributed by atoms with E-state index in [2.05, 4.69) is 10.2 Å². The molecule has 1 heterocycles. The van der Waals surface area contributed by atoms with Gasteiger partial charge in [-0.1, -0.05) is 11.6 Å². The van der Waals surface area contributed by atoms with Gasteiger partial charge in [0.05, 0.1) is 0 Å². The van der Waals surface area contributed by atoms with Crippen LogP contribution in [0.2, 0.25) is 5.02 Å². The molecule has 2 rings (SSSR count). The highest BCUT2D eigenvalue weighted by atomic mass is 35.5. The van der Waals surface area contributed by atoms with E-state index in [9.17, 15) is 0 Å². The van der Waals surface area contributed by atoms with Crippen LogP contribution in [-0.4, -0.2) is 21.3 Å². The molecule has 2 N–H and O–H groups in total. The molecule has 0 fully saturated rings. The lowest BCUT2D eigenvalue weighted by Gasteiger charge is -2.05. The van der Waals surface area contributed by atoms with Crippen LogP contribution in [0.5, 0.6) is 0 Å². The van der Waals surface area contributed by atoms with Crippen LogP contribution in [0.25, 0.3) is 11.4 Å². The summed E-state index contributed by atoms with van der Waals surface area (Å²) in [6, 6.07) is 7.56. The molecule has 0 aliphatic carbocycles. The van der Waals surface area contributed by atoms with Crippen molar-refractivity contribution in [2.24, 2.45) is 5.73 Å². The van der Waals surface area contributed by atoms with E-state index in [0.717, 1.165) is 29.4 Å². The van der Waals surface area contributed by atoms with Crippen molar-refractivity contribution in [3.8, 4) is 11.4 Å². The Kier molecular flexibility index (Phi) is 3.54. The molecule has 16 heavy (non-hydrogen) atoms. The average molecular weight is 237 g/mol. The number of nitrogens with two attached hydrogens (primary N) is 1. The highest BCUT2D eigenvalue weighted by Crippen LogP contribution is 2.19. The Bertz CT molecular complexity index is 449. The predicted octanol–water partition coefficient (Wildman–Crippen LogP) is 1.95. The first kappa shape index (κ1) is 11.1. The number of nitrogens with zero attached hydrogens (tertiary/aromatic N) is 3. The summed E-state index contributed by atoms with van der Waals surface area (Å²) in [7, 11) is 0. The van der Waals surface area contributed by atoms with Crippen molar-refractivity contribution in [3.63, 3.8) is 0 Å². The Morgan fingerprint density at radius 3 is 2.69 bits per heavy atom. The molecular weight excluding hydrogens is 224 g/mol. The fourth-order valence-corrected chi connectivity index (χ4v) is 1.63. The lowest BCUT2D eigenvalue weighted by Crippen LogP contribution is -2.06. The molecular formula is C11H13ClN4. The molecule has 0 amide bonds. The Balaban J connectivity index is 2.26. The molecule has 2 aromatic rings. The third kappa shape index (κ3) is 2.40. The van der Waals surface area contributed by atoms with Crippen molar-refractivity contribution >= 4 is 11.6 Å². The molecule has 0 radical (unpaired) electrons. The summed E-state index contributed by atoms with van der Waals surface area (Å²) >= 11 is 5.84. The summed E-state index contributed by atoms with van der Waals surface area (Å²) in [6.07, 6.45) is 2.64. The Labute approximate surface area is 99.1 Å². The van der Waals surface area contributed by atoms with E-state index in [1.807, 2.05) is 28.8 Å². The second-order valence-electron chi connectivity index (χ2n) is 3.50. The standard InChI is InChI=1S/C11H13ClN4/c12-10-4-2-9(3-5-10)11-15-14-8-16(11)7-1-6-13/h2-5,8H,1,6-7,13H2. The van der Waals surface area contributed by atoms with Gasteiger partial charge in [0.15, 0.2) is 5.82 Å². The van der Waals surface area contributed by atoms with Gasteiger partial charge in [-0.05, 0) is 37.2 Å². The zero-order valence-electron chi connectivity index (χ0n) is 8.81. The average Bonchev–Trinajstić information content (AvgIpc) is 2.75. The number of benzene rings is 1. The molecule has 0 saturated carbocycles. The van der Waals surface area contributed by atoms with Crippen LogP contribution in [-0.2, 0) is 6.54 Å². The molecule has 1 aromatic carbocycles. The minimum atomic E-state index is 0.665. The highest BCUT2D eigenvalue weighted by Gasteiger charge is 2.06. The van der Waals surface area contributed by atoms with Gasteiger partial charge in [-0.2, -0.15) is 0 Å². The first-order valence-electron chi connectivity index (χ1n) is 5.15. The number of rotatable bonds is 4. The Morgan fingerprint density at radius 2 is 2.00 bits per heavy atom. The zero-order chi connectivity index (χ0) is 11.4. The fourth-order valence-electron chi connectivity index (χ4n) is 1.50. The Hall–Kier alpha value is -1.39. The van der Waals surface area contributed by atoms with E-state index in [1.165, 1.54) is 0 Å². The topological polar surface area (TPSA) is 56.7 Å².